The van der Waals surface area contributed by atoms with Crippen LogP contribution in [0.5, 0.6) is 0 Å². The standard InChI is InChI=1S/C9H8N2O2S/c1-5-2-3-7-8(6(10)4-14-7)9(5)11(12)13/h2-4H,10H2,1H3. The van der Waals surface area contributed by atoms with E-state index < -0.39 is 0 Å². The highest BCUT2D eigenvalue weighted by Gasteiger charge is 2.18. The van der Waals surface area contributed by atoms with Crippen LogP contribution >= 0.6 is 11.3 Å². The lowest BCUT2D eigenvalue weighted by molar-refractivity contribution is -0.383. The van der Waals surface area contributed by atoms with Gasteiger partial charge in [0, 0.05) is 15.6 Å². The van der Waals surface area contributed by atoms with Gasteiger partial charge >= 0.3 is 0 Å². The number of fused-ring (bicyclic) bond motifs is 1. The van der Waals surface area contributed by atoms with Crippen LogP contribution in [0.4, 0.5) is 11.4 Å². The highest BCUT2D eigenvalue weighted by Crippen LogP contribution is 2.37. The molecule has 0 bridgehead atoms. The zero-order valence-corrected chi connectivity index (χ0v) is 8.30. The number of aryl methyl sites for hydroxylation is 1. The van der Waals surface area contributed by atoms with Crippen molar-refractivity contribution in [3.05, 3.63) is 33.2 Å². The second-order valence-electron chi connectivity index (χ2n) is 3.05. The molecule has 5 heteroatoms. The Morgan fingerprint density at radius 2 is 2.21 bits per heavy atom. The summed E-state index contributed by atoms with van der Waals surface area (Å²) >= 11 is 1.42. The Morgan fingerprint density at radius 1 is 1.50 bits per heavy atom. The van der Waals surface area contributed by atoms with Crippen molar-refractivity contribution in [2.75, 3.05) is 5.73 Å². The van der Waals surface area contributed by atoms with Crippen molar-refractivity contribution >= 4 is 32.8 Å². The van der Waals surface area contributed by atoms with E-state index in [9.17, 15) is 10.1 Å². The van der Waals surface area contributed by atoms with Crippen molar-refractivity contribution in [1.29, 1.82) is 0 Å². The molecule has 0 atom stereocenters. The van der Waals surface area contributed by atoms with Crippen LogP contribution in [0.3, 0.4) is 0 Å². The predicted molar refractivity (Wildman–Crippen MR) is 57.6 cm³/mol. The molecule has 2 aromatic rings. The first kappa shape index (κ1) is 8.96. The van der Waals surface area contributed by atoms with E-state index in [4.69, 9.17) is 5.73 Å². The lowest BCUT2D eigenvalue weighted by Crippen LogP contribution is -1.93. The van der Waals surface area contributed by atoms with Crippen LogP contribution in [-0.2, 0) is 0 Å². The average molecular weight is 208 g/mol. The average Bonchev–Trinajstić information content (AvgIpc) is 2.47. The zero-order chi connectivity index (χ0) is 10.3. The maximum absolute atomic E-state index is 10.8. The Bertz CT molecular complexity index is 519. The van der Waals surface area contributed by atoms with Crippen LogP contribution in [0.15, 0.2) is 17.5 Å². The summed E-state index contributed by atoms with van der Waals surface area (Å²) in [6, 6.07) is 3.61. The minimum atomic E-state index is -0.374. The fourth-order valence-corrected chi connectivity index (χ4v) is 2.33. The summed E-state index contributed by atoms with van der Waals surface area (Å²) in [4.78, 5) is 10.5. The van der Waals surface area contributed by atoms with Crippen LogP contribution in [-0.4, -0.2) is 4.92 Å². The number of nitro benzene ring substituents is 1. The molecule has 2 N–H and O–H groups in total. The minimum absolute atomic E-state index is 0.126. The summed E-state index contributed by atoms with van der Waals surface area (Å²) in [5.41, 5.74) is 6.95. The Kier molecular flexibility index (Phi) is 1.89. The van der Waals surface area contributed by atoms with Gasteiger partial charge in [0.25, 0.3) is 5.69 Å². The normalized spacial score (nSPS) is 10.6. The quantitative estimate of drug-likeness (QED) is 0.578. The molecule has 4 nitrogen and oxygen atoms in total. The number of rotatable bonds is 1. The van der Waals surface area contributed by atoms with E-state index in [1.54, 1.807) is 18.4 Å². The molecular formula is C9H8N2O2S. The summed E-state index contributed by atoms with van der Waals surface area (Å²) < 4.78 is 0.861. The first-order chi connectivity index (χ1) is 6.61. The lowest BCUT2D eigenvalue weighted by Gasteiger charge is -1.99. The molecule has 0 saturated heterocycles. The molecule has 0 spiro atoms. The van der Waals surface area contributed by atoms with Gasteiger partial charge in [0.1, 0.15) is 0 Å². The minimum Gasteiger partial charge on any atom is -0.397 e. The SMILES string of the molecule is Cc1ccc2scc(N)c2c1[N+](=O)[O-]. The number of nitrogens with two attached hydrogens (primary N) is 1. The van der Waals surface area contributed by atoms with Gasteiger partial charge in [-0.05, 0) is 13.0 Å². The van der Waals surface area contributed by atoms with E-state index in [-0.39, 0.29) is 10.6 Å². The summed E-state index contributed by atoms with van der Waals surface area (Å²) in [7, 11) is 0. The van der Waals surface area contributed by atoms with Crippen LogP contribution in [0.25, 0.3) is 10.1 Å². The van der Waals surface area contributed by atoms with Crippen LogP contribution in [0, 0.1) is 17.0 Å². The molecule has 0 aliphatic rings. The number of benzene rings is 1. The molecule has 1 aromatic carbocycles. The van der Waals surface area contributed by atoms with Gasteiger partial charge in [-0.1, -0.05) is 6.07 Å². The van der Waals surface area contributed by atoms with Gasteiger partial charge in [0.15, 0.2) is 0 Å². The highest BCUT2D eigenvalue weighted by atomic mass is 32.1. The molecule has 72 valence electrons. The number of nitrogens with zero attached hydrogens (tertiary/aromatic N) is 1. The Labute approximate surface area is 84.1 Å². The third-order valence-electron chi connectivity index (χ3n) is 2.13. The molecule has 0 amide bonds. The Balaban J connectivity index is 2.94. The fourth-order valence-electron chi connectivity index (χ4n) is 1.48. The summed E-state index contributed by atoms with van der Waals surface area (Å²) in [5, 5.41) is 13.1. The van der Waals surface area contributed by atoms with Crippen molar-refractivity contribution in [3.63, 3.8) is 0 Å². The topological polar surface area (TPSA) is 69.2 Å². The van der Waals surface area contributed by atoms with Gasteiger partial charge in [-0.3, -0.25) is 10.1 Å². The van der Waals surface area contributed by atoms with E-state index in [0.29, 0.717) is 16.6 Å². The third kappa shape index (κ3) is 1.13. The number of thiophene rings is 1. The van der Waals surface area contributed by atoms with Gasteiger partial charge in [0.2, 0.25) is 0 Å². The van der Waals surface area contributed by atoms with Gasteiger partial charge < -0.3 is 5.73 Å². The first-order valence-corrected chi connectivity index (χ1v) is 4.90. The predicted octanol–water partition coefficient (Wildman–Crippen LogP) is 2.70. The molecule has 1 heterocycles. The van der Waals surface area contributed by atoms with Crippen molar-refractivity contribution in [3.8, 4) is 0 Å². The lowest BCUT2D eigenvalue weighted by atomic mass is 10.1. The molecule has 2 rings (SSSR count). The molecule has 0 saturated carbocycles. The van der Waals surface area contributed by atoms with Gasteiger partial charge in [-0.25, -0.2) is 0 Å². The largest absolute Gasteiger partial charge is 0.397 e. The monoisotopic (exact) mass is 208 g/mol. The van der Waals surface area contributed by atoms with Crippen LogP contribution < -0.4 is 5.73 Å². The summed E-state index contributed by atoms with van der Waals surface area (Å²) in [5.74, 6) is 0. The smallest absolute Gasteiger partial charge is 0.282 e. The second kappa shape index (κ2) is 2.95. The second-order valence-corrected chi connectivity index (χ2v) is 3.96. The Morgan fingerprint density at radius 3 is 2.86 bits per heavy atom. The third-order valence-corrected chi connectivity index (χ3v) is 3.09. The maximum Gasteiger partial charge on any atom is 0.282 e. The molecule has 0 aliphatic heterocycles. The van der Waals surface area contributed by atoms with Gasteiger partial charge in [-0.15, -0.1) is 11.3 Å². The number of hydrogen-bond donors (Lipinski definition) is 1. The molecule has 0 aliphatic carbocycles. The van der Waals surface area contributed by atoms with E-state index in [0.717, 1.165) is 4.70 Å². The summed E-state index contributed by atoms with van der Waals surface area (Å²) in [6.45, 7) is 1.72. The molecular weight excluding hydrogens is 200 g/mol. The highest BCUT2D eigenvalue weighted by molar-refractivity contribution is 7.17. The number of anilines is 1. The number of nitro groups is 1. The molecule has 0 unspecified atom stereocenters. The fraction of sp³-hybridized carbons (Fsp3) is 0.111. The van der Waals surface area contributed by atoms with E-state index in [1.165, 1.54) is 11.3 Å². The maximum atomic E-state index is 10.8. The van der Waals surface area contributed by atoms with Crippen LogP contribution in [0.2, 0.25) is 0 Å². The van der Waals surface area contributed by atoms with Gasteiger partial charge in [0.05, 0.1) is 16.0 Å². The first-order valence-electron chi connectivity index (χ1n) is 4.02. The molecule has 1 aromatic heterocycles. The van der Waals surface area contributed by atoms with E-state index in [1.807, 2.05) is 6.07 Å². The van der Waals surface area contributed by atoms with E-state index >= 15 is 0 Å². The molecule has 14 heavy (non-hydrogen) atoms. The van der Waals surface area contributed by atoms with E-state index in [2.05, 4.69) is 0 Å². The van der Waals surface area contributed by atoms with Crippen molar-refractivity contribution in [1.82, 2.24) is 0 Å². The van der Waals surface area contributed by atoms with Crippen molar-refractivity contribution in [2.24, 2.45) is 0 Å². The Hall–Kier alpha value is -1.62. The molecule has 0 fully saturated rings. The van der Waals surface area contributed by atoms with Crippen molar-refractivity contribution < 1.29 is 4.92 Å². The molecule has 0 radical (unpaired) electrons. The van der Waals surface area contributed by atoms with Gasteiger partial charge in [-0.2, -0.15) is 0 Å². The number of hydrogen-bond acceptors (Lipinski definition) is 4. The zero-order valence-electron chi connectivity index (χ0n) is 7.48. The number of nitrogen functional groups attached to an aromatic ring is 1. The summed E-state index contributed by atoms with van der Waals surface area (Å²) in [6.07, 6.45) is 0. The van der Waals surface area contributed by atoms with Crippen LogP contribution in [0.1, 0.15) is 5.56 Å². The van der Waals surface area contributed by atoms with Crippen molar-refractivity contribution in [2.45, 2.75) is 6.92 Å².